The summed E-state index contributed by atoms with van der Waals surface area (Å²) >= 11 is 6.47. The van der Waals surface area contributed by atoms with Crippen molar-refractivity contribution in [3.63, 3.8) is 0 Å². The summed E-state index contributed by atoms with van der Waals surface area (Å²) in [6, 6.07) is 7.47. The van der Waals surface area contributed by atoms with Crippen molar-refractivity contribution in [1.29, 1.82) is 0 Å². The van der Waals surface area contributed by atoms with E-state index in [1.165, 1.54) is 19.1 Å². The Balaban J connectivity index is 0.00000342. The van der Waals surface area contributed by atoms with Crippen LogP contribution < -0.4 is 16.8 Å². The first-order valence-electron chi connectivity index (χ1n) is 11.4. The molecule has 2 aromatic carbocycles. The highest BCUT2D eigenvalue weighted by atomic mass is 35.5. The standard InChI is InChI=1S/C25H31ClN4O5.2CH4/c1-30-21(25(34)35-2)13-16-10-14(5-7-18(16)26)15-6-8-22(31)17(11-15)12-19(28)23(32)29-20(24(30)33)4-3-9-27;;/h5-8,10-11,19-21,31H,3-4,9,12-13,27-28H2,1-2H3,(H,29,32);2*1H4/t19-,20-,21-;;/m0../s1. The number of phenolic OH excluding ortho intramolecular Hbond substituents is 1. The van der Waals surface area contributed by atoms with Gasteiger partial charge in [-0.3, -0.25) is 9.59 Å². The lowest BCUT2D eigenvalue weighted by Crippen LogP contribution is -2.55. The van der Waals surface area contributed by atoms with Gasteiger partial charge in [0.15, 0.2) is 0 Å². The molecule has 4 bridgehead atoms. The highest BCUT2D eigenvalue weighted by Crippen LogP contribution is 2.31. The third kappa shape index (κ3) is 7.44. The number of hydrogen-bond donors (Lipinski definition) is 4. The lowest BCUT2D eigenvalue weighted by molar-refractivity contribution is -0.152. The van der Waals surface area contributed by atoms with E-state index < -0.39 is 35.9 Å². The van der Waals surface area contributed by atoms with Gasteiger partial charge in [0, 0.05) is 24.9 Å². The van der Waals surface area contributed by atoms with E-state index in [1.54, 1.807) is 24.3 Å². The highest BCUT2D eigenvalue weighted by molar-refractivity contribution is 6.31. The molecule has 0 aromatic heterocycles. The Bertz CT molecular complexity index is 1110. The second kappa shape index (κ2) is 14.0. The molecule has 3 atom stereocenters. The Morgan fingerprint density at radius 3 is 2.38 bits per heavy atom. The van der Waals surface area contributed by atoms with Crippen molar-refractivity contribution < 1.29 is 24.2 Å². The van der Waals surface area contributed by atoms with Crippen molar-refractivity contribution in [1.82, 2.24) is 10.2 Å². The first kappa shape index (κ1) is 31.9. The number of amides is 2. The van der Waals surface area contributed by atoms with Gasteiger partial charge in [0.2, 0.25) is 11.8 Å². The molecule has 0 spiro atoms. The second-order valence-corrected chi connectivity index (χ2v) is 9.05. The molecule has 3 rings (SSSR count). The van der Waals surface area contributed by atoms with Crippen LogP contribution in [-0.4, -0.2) is 66.6 Å². The van der Waals surface area contributed by atoms with Crippen molar-refractivity contribution in [2.45, 2.75) is 58.7 Å². The molecule has 0 fully saturated rings. The van der Waals surface area contributed by atoms with Crippen molar-refractivity contribution >= 4 is 29.4 Å². The molecule has 37 heavy (non-hydrogen) atoms. The summed E-state index contributed by atoms with van der Waals surface area (Å²) in [6.07, 6.45) is 0.899. The van der Waals surface area contributed by atoms with Crippen LogP contribution >= 0.6 is 11.6 Å². The fraction of sp³-hybridized carbons (Fsp3) is 0.444. The van der Waals surface area contributed by atoms with Gasteiger partial charge in [0.1, 0.15) is 17.8 Å². The minimum atomic E-state index is -1.02. The van der Waals surface area contributed by atoms with Gasteiger partial charge in [-0.1, -0.05) is 38.6 Å². The van der Waals surface area contributed by atoms with E-state index >= 15 is 0 Å². The van der Waals surface area contributed by atoms with Gasteiger partial charge in [0.25, 0.3) is 0 Å². The van der Waals surface area contributed by atoms with Crippen molar-refractivity contribution in [3.8, 4) is 16.9 Å². The van der Waals surface area contributed by atoms with Gasteiger partial charge in [-0.2, -0.15) is 0 Å². The van der Waals surface area contributed by atoms with Gasteiger partial charge in [0.05, 0.1) is 13.2 Å². The molecule has 0 aliphatic carbocycles. The molecule has 0 unspecified atom stereocenters. The predicted octanol–water partition coefficient (Wildman–Crippen LogP) is 2.63. The number of ether oxygens (including phenoxy) is 1. The number of esters is 1. The van der Waals surface area contributed by atoms with E-state index in [4.69, 9.17) is 27.8 Å². The summed E-state index contributed by atoms with van der Waals surface area (Å²) in [5.41, 5.74) is 14.5. The number of rotatable bonds is 4. The van der Waals surface area contributed by atoms with Crippen LogP contribution in [-0.2, 0) is 32.0 Å². The average Bonchev–Trinajstić information content (AvgIpc) is 2.85. The second-order valence-electron chi connectivity index (χ2n) is 8.64. The van der Waals surface area contributed by atoms with E-state index in [0.29, 0.717) is 29.1 Å². The molecule has 1 aliphatic rings. The maximum Gasteiger partial charge on any atom is 0.328 e. The number of nitrogens with zero attached hydrogens (tertiary/aromatic N) is 1. The number of hydrogen-bond acceptors (Lipinski definition) is 7. The molecule has 1 aliphatic heterocycles. The predicted molar refractivity (Wildman–Crippen MR) is 146 cm³/mol. The number of benzene rings is 2. The summed E-state index contributed by atoms with van der Waals surface area (Å²) < 4.78 is 4.98. The SMILES string of the molecule is C.C.COC(=O)[C@@H]1Cc2cc(ccc2Cl)-c2ccc(O)c(c2)C[C@H](N)C(=O)N[C@@H](CCCN)C(=O)N1C. The van der Waals surface area contributed by atoms with Gasteiger partial charge in [-0.05, 0) is 65.9 Å². The quantitative estimate of drug-likeness (QED) is 0.440. The zero-order chi connectivity index (χ0) is 25.7. The summed E-state index contributed by atoms with van der Waals surface area (Å²) in [4.78, 5) is 40.4. The average molecular weight is 535 g/mol. The topological polar surface area (TPSA) is 148 Å². The molecular weight excluding hydrogens is 496 g/mol. The lowest BCUT2D eigenvalue weighted by atomic mass is 9.96. The van der Waals surface area contributed by atoms with Crippen LogP contribution in [0.25, 0.3) is 11.1 Å². The summed E-state index contributed by atoms with van der Waals surface area (Å²) in [5, 5.41) is 13.5. The molecule has 9 nitrogen and oxygen atoms in total. The Hall–Kier alpha value is -3.14. The third-order valence-electron chi connectivity index (χ3n) is 6.25. The summed E-state index contributed by atoms with van der Waals surface area (Å²) in [6.45, 7) is 0.318. The zero-order valence-corrected chi connectivity index (χ0v) is 20.5. The minimum absolute atomic E-state index is 0. The molecule has 2 aromatic rings. The normalized spacial score (nSPS) is 19.9. The first-order chi connectivity index (χ1) is 16.7. The number of phenols is 1. The summed E-state index contributed by atoms with van der Waals surface area (Å²) in [7, 11) is 2.74. The minimum Gasteiger partial charge on any atom is -0.508 e. The molecule has 2 amide bonds. The van der Waals surface area contributed by atoms with E-state index in [0.717, 1.165) is 11.1 Å². The number of fused-ring (bicyclic) bond motifs is 5. The molecule has 1 heterocycles. The van der Waals surface area contributed by atoms with Crippen LogP contribution in [0.4, 0.5) is 0 Å². The molecule has 204 valence electrons. The molecule has 6 N–H and O–H groups in total. The lowest BCUT2D eigenvalue weighted by Gasteiger charge is -2.30. The zero-order valence-electron chi connectivity index (χ0n) is 19.8. The smallest absolute Gasteiger partial charge is 0.328 e. The fourth-order valence-electron chi connectivity index (χ4n) is 4.15. The summed E-state index contributed by atoms with van der Waals surface area (Å²) in [5.74, 6) is -1.62. The van der Waals surface area contributed by atoms with Crippen molar-refractivity contribution in [3.05, 3.63) is 52.5 Å². The maximum atomic E-state index is 13.4. The highest BCUT2D eigenvalue weighted by Gasteiger charge is 2.34. The van der Waals surface area contributed by atoms with Gasteiger partial charge >= 0.3 is 5.97 Å². The van der Waals surface area contributed by atoms with E-state index in [9.17, 15) is 19.5 Å². The maximum absolute atomic E-state index is 13.4. The molecule has 0 radical (unpaired) electrons. The fourth-order valence-corrected chi connectivity index (χ4v) is 4.34. The van der Waals surface area contributed by atoms with Crippen LogP contribution in [0, 0.1) is 0 Å². The Morgan fingerprint density at radius 2 is 1.76 bits per heavy atom. The van der Waals surface area contributed by atoms with Crippen LogP contribution in [0.5, 0.6) is 5.75 Å². The van der Waals surface area contributed by atoms with E-state index in [-0.39, 0.29) is 39.9 Å². The van der Waals surface area contributed by atoms with Gasteiger partial charge < -0.3 is 31.5 Å². The Morgan fingerprint density at radius 1 is 1.14 bits per heavy atom. The van der Waals surface area contributed by atoms with E-state index in [1.807, 2.05) is 12.1 Å². The number of nitrogens with two attached hydrogens (primary N) is 2. The monoisotopic (exact) mass is 534 g/mol. The molecule has 10 heteroatoms. The van der Waals surface area contributed by atoms with Gasteiger partial charge in [-0.15, -0.1) is 0 Å². The Kier molecular flexibility index (Phi) is 12.0. The van der Waals surface area contributed by atoms with Crippen LogP contribution in [0.1, 0.15) is 38.8 Å². The first-order valence-corrected chi connectivity index (χ1v) is 11.7. The number of carbonyl (C=O) groups is 3. The third-order valence-corrected chi connectivity index (χ3v) is 6.62. The van der Waals surface area contributed by atoms with Crippen molar-refractivity contribution in [2.75, 3.05) is 20.7 Å². The molecule has 0 saturated heterocycles. The van der Waals surface area contributed by atoms with E-state index in [2.05, 4.69) is 5.32 Å². The largest absolute Gasteiger partial charge is 0.508 e. The number of methoxy groups -OCH3 is 1. The van der Waals surface area contributed by atoms with Crippen LogP contribution in [0.15, 0.2) is 36.4 Å². The number of carbonyl (C=O) groups excluding carboxylic acids is 3. The van der Waals surface area contributed by atoms with Gasteiger partial charge in [-0.25, -0.2) is 4.79 Å². The number of halogens is 1. The van der Waals surface area contributed by atoms with Crippen LogP contribution in [0.3, 0.4) is 0 Å². The van der Waals surface area contributed by atoms with Crippen molar-refractivity contribution in [2.24, 2.45) is 11.5 Å². The Labute approximate surface area is 224 Å². The number of likely N-dealkylation sites (N-methyl/N-ethyl adjacent to an activating group) is 1. The molecule has 0 saturated carbocycles. The number of aromatic hydroxyl groups is 1. The van der Waals surface area contributed by atoms with Crippen LogP contribution in [0.2, 0.25) is 5.02 Å². The molecular formula is C27H39ClN4O5. The number of nitrogens with one attached hydrogen (secondary N) is 1.